The Hall–Kier alpha value is -1.46. The summed E-state index contributed by atoms with van der Waals surface area (Å²) in [7, 11) is 0. The number of rotatable bonds is 4. The smallest absolute Gasteiger partial charge is 0.222 e. The third-order valence-electron chi connectivity index (χ3n) is 5.17. The van der Waals surface area contributed by atoms with Crippen LogP contribution in [0.2, 0.25) is 0 Å². The molecule has 0 radical (unpaired) electrons. The van der Waals surface area contributed by atoms with E-state index in [1.54, 1.807) is 11.3 Å². The quantitative estimate of drug-likeness (QED) is 0.847. The summed E-state index contributed by atoms with van der Waals surface area (Å²) in [6, 6.07) is 8.56. The summed E-state index contributed by atoms with van der Waals surface area (Å²) in [4.78, 5) is 19.4. The fourth-order valence-electron chi connectivity index (χ4n) is 3.97. The van der Waals surface area contributed by atoms with Crippen molar-refractivity contribution >= 4 is 27.5 Å². The molecule has 1 aliphatic carbocycles. The summed E-state index contributed by atoms with van der Waals surface area (Å²) in [6.07, 6.45) is 7.35. The maximum Gasteiger partial charge on any atom is 0.222 e. The van der Waals surface area contributed by atoms with Crippen molar-refractivity contribution in [1.82, 2.24) is 9.88 Å². The molecule has 2 fully saturated rings. The summed E-state index contributed by atoms with van der Waals surface area (Å²) in [5.74, 6) is 0.302. The van der Waals surface area contributed by atoms with E-state index < -0.39 is 0 Å². The Bertz CT molecular complexity index is 679. The molecule has 2 aromatic rings. The van der Waals surface area contributed by atoms with Gasteiger partial charge in [0.1, 0.15) is 0 Å². The molecule has 128 valence electrons. The third kappa shape index (κ3) is 3.33. The molecule has 1 aromatic heterocycles. The molecule has 0 spiro atoms. The number of ether oxygens (including phenoxy) is 1. The second kappa shape index (κ2) is 7.19. The molecule has 1 saturated carbocycles. The monoisotopic (exact) mass is 344 g/mol. The topological polar surface area (TPSA) is 42.4 Å². The van der Waals surface area contributed by atoms with Gasteiger partial charge in [-0.25, -0.2) is 4.98 Å². The molecule has 0 bridgehead atoms. The van der Waals surface area contributed by atoms with Crippen LogP contribution < -0.4 is 0 Å². The van der Waals surface area contributed by atoms with Crippen molar-refractivity contribution in [1.29, 1.82) is 0 Å². The number of aromatic nitrogens is 1. The van der Waals surface area contributed by atoms with Crippen LogP contribution in [0.5, 0.6) is 0 Å². The maximum absolute atomic E-state index is 12.7. The fourth-order valence-corrected chi connectivity index (χ4v) is 4.98. The van der Waals surface area contributed by atoms with E-state index in [9.17, 15) is 4.79 Å². The summed E-state index contributed by atoms with van der Waals surface area (Å²) >= 11 is 1.75. The lowest BCUT2D eigenvalue weighted by Gasteiger charge is -2.43. The van der Waals surface area contributed by atoms with Crippen LogP contribution in [0.25, 0.3) is 10.2 Å². The summed E-state index contributed by atoms with van der Waals surface area (Å²) in [5.41, 5.74) is 1.07. The normalized spacial score (nSPS) is 24.1. The number of aryl methyl sites for hydroxylation is 1. The molecule has 5 heteroatoms. The molecule has 2 atom stereocenters. The third-order valence-corrected chi connectivity index (χ3v) is 6.27. The van der Waals surface area contributed by atoms with Crippen LogP contribution in [-0.4, -0.2) is 41.1 Å². The van der Waals surface area contributed by atoms with Gasteiger partial charge >= 0.3 is 0 Å². The molecule has 1 aliphatic heterocycles. The molecule has 0 N–H and O–H groups in total. The minimum Gasteiger partial charge on any atom is -0.374 e. The lowest BCUT2D eigenvalue weighted by Crippen LogP contribution is -2.54. The van der Waals surface area contributed by atoms with Gasteiger partial charge in [0, 0.05) is 13.0 Å². The van der Waals surface area contributed by atoms with Crippen LogP contribution in [0.4, 0.5) is 0 Å². The lowest BCUT2D eigenvalue weighted by atomic mass is 9.90. The minimum atomic E-state index is 0.278. The highest BCUT2D eigenvalue weighted by atomic mass is 32.1. The molecule has 1 saturated heterocycles. The van der Waals surface area contributed by atoms with Crippen molar-refractivity contribution < 1.29 is 9.53 Å². The van der Waals surface area contributed by atoms with E-state index in [1.165, 1.54) is 17.5 Å². The van der Waals surface area contributed by atoms with Crippen molar-refractivity contribution in [3.05, 3.63) is 29.3 Å². The van der Waals surface area contributed by atoms with Gasteiger partial charge < -0.3 is 9.64 Å². The fraction of sp³-hybridized carbons (Fsp3) is 0.579. The second-order valence-corrected chi connectivity index (χ2v) is 7.89. The van der Waals surface area contributed by atoms with Gasteiger partial charge in [0.15, 0.2) is 0 Å². The standard InChI is InChI=1S/C19H24N2O2S/c22-19(21-12-13-23-16-8-3-2-7-15(16)21)11-5-10-18-20-14-6-1-4-9-17(14)24-18/h1,4,6,9,15-16H,2-3,5,7-8,10-13H2/t15-,16+/m1/s1. The number of fused-ring (bicyclic) bond motifs is 2. The van der Waals surface area contributed by atoms with E-state index in [-0.39, 0.29) is 6.10 Å². The van der Waals surface area contributed by atoms with Gasteiger partial charge in [-0.05, 0) is 37.8 Å². The second-order valence-electron chi connectivity index (χ2n) is 6.78. The minimum absolute atomic E-state index is 0.278. The number of hydrogen-bond donors (Lipinski definition) is 0. The largest absolute Gasteiger partial charge is 0.374 e. The van der Waals surface area contributed by atoms with Crippen molar-refractivity contribution in [3.63, 3.8) is 0 Å². The number of thiazole rings is 1. The molecular formula is C19H24N2O2S. The van der Waals surface area contributed by atoms with Crippen LogP contribution >= 0.6 is 11.3 Å². The predicted molar refractivity (Wildman–Crippen MR) is 96.3 cm³/mol. The van der Waals surface area contributed by atoms with Crippen LogP contribution in [0.3, 0.4) is 0 Å². The van der Waals surface area contributed by atoms with Crippen LogP contribution in [0.1, 0.15) is 43.5 Å². The Morgan fingerprint density at radius 1 is 1.29 bits per heavy atom. The van der Waals surface area contributed by atoms with Crippen LogP contribution in [-0.2, 0) is 16.0 Å². The first-order valence-electron chi connectivity index (χ1n) is 9.07. The van der Waals surface area contributed by atoms with E-state index in [0.717, 1.165) is 42.8 Å². The molecule has 2 heterocycles. The van der Waals surface area contributed by atoms with Gasteiger partial charge in [-0.2, -0.15) is 0 Å². The Labute approximate surface area is 146 Å². The average molecular weight is 344 g/mol. The SMILES string of the molecule is O=C(CCCc1nc2ccccc2s1)N1CCO[C@H]2CCCC[C@H]21. The molecule has 4 nitrogen and oxygen atoms in total. The van der Waals surface area contributed by atoms with Gasteiger partial charge in [0.05, 0.1) is 34.0 Å². The zero-order chi connectivity index (χ0) is 16.4. The molecule has 1 amide bonds. The van der Waals surface area contributed by atoms with Gasteiger partial charge in [0.2, 0.25) is 5.91 Å². The number of carbonyl (C=O) groups excluding carboxylic acids is 1. The van der Waals surface area contributed by atoms with Crippen molar-refractivity contribution in [2.45, 2.75) is 57.1 Å². The Morgan fingerprint density at radius 3 is 3.08 bits per heavy atom. The van der Waals surface area contributed by atoms with E-state index >= 15 is 0 Å². The van der Waals surface area contributed by atoms with Gasteiger partial charge in [0.25, 0.3) is 0 Å². The number of carbonyl (C=O) groups is 1. The Kier molecular flexibility index (Phi) is 4.81. The zero-order valence-corrected chi connectivity index (χ0v) is 14.8. The highest BCUT2D eigenvalue weighted by Gasteiger charge is 2.36. The first-order valence-corrected chi connectivity index (χ1v) is 9.88. The highest BCUT2D eigenvalue weighted by molar-refractivity contribution is 7.18. The highest BCUT2D eigenvalue weighted by Crippen LogP contribution is 2.29. The molecule has 4 rings (SSSR count). The van der Waals surface area contributed by atoms with Crippen LogP contribution in [0, 0.1) is 0 Å². The Balaban J connectivity index is 1.32. The van der Waals surface area contributed by atoms with E-state index in [4.69, 9.17) is 4.74 Å². The van der Waals surface area contributed by atoms with Crippen molar-refractivity contribution in [2.24, 2.45) is 0 Å². The van der Waals surface area contributed by atoms with Crippen molar-refractivity contribution in [3.8, 4) is 0 Å². The first kappa shape index (κ1) is 16.0. The molecule has 1 aromatic carbocycles. The summed E-state index contributed by atoms with van der Waals surface area (Å²) in [6.45, 7) is 1.46. The number of hydrogen-bond acceptors (Lipinski definition) is 4. The number of para-hydroxylation sites is 1. The van der Waals surface area contributed by atoms with Gasteiger partial charge in [-0.1, -0.05) is 25.0 Å². The molecular weight excluding hydrogens is 320 g/mol. The molecule has 24 heavy (non-hydrogen) atoms. The average Bonchev–Trinajstić information content (AvgIpc) is 3.04. The first-order chi connectivity index (χ1) is 11.8. The summed E-state index contributed by atoms with van der Waals surface area (Å²) in [5, 5.41) is 1.14. The number of morpholine rings is 1. The van der Waals surface area contributed by atoms with E-state index in [1.807, 2.05) is 12.1 Å². The molecule has 0 unspecified atom stereocenters. The predicted octanol–water partition coefficient (Wildman–Crippen LogP) is 3.79. The van der Waals surface area contributed by atoms with Gasteiger partial charge in [-0.15, -0.1) is 11.3 Å². The van der Waals surface area contributed by atoms with E-state index in [2.05, 4.69) is 22.0 Å². The number of nitrogens with zero attached hydrogens (tertiary/aromatic N) is 2. The Morgan fingerprint density at radius 2 is 2.17 bits per heavy atom. The zero-order valence-electron chi connectivity index (χ0n) is 13.9. The van der Waals surface area contributed by atoms with Crippen molar-refractivity contribution in [2.75, 3.05) is 13.2 Å². The van der Waals surface area contributed by atoms with Gasteiger partial charge in [-0.3, -0.25) is 4.79 Å². The van der Waals surface area contributed by atoms with Crippen LogP contribution in [0.15, 0.2) is 24.3 Å². The number of amides is 1. The summed E-state index contributed by atoms with van der Waals surface area (Å²) < 4.78 is 7.10. The number of benzene rings is 1. The molecule has 2 aliphatic rings. The van der Waals surface area contributed by atoms with E-state index in [0.29, 0.717) is 25.0 Å². The lowest BCUT2D eigenvalue weighted by molar-refractivity contribution is -0.149. The maximum atomic E-state index is 12.7.